The molecule has 0 fully saturated rings. The molecule has 0 aliphatic heterocycles. The Morgan fingerprint density at radius 2 is 0.573 bits per heavy atom. The van der Waals surface area contributed by atoms with Crippen LogP contribution in [-0.2, 0) is 14.3 Å². The second-order valence-electron chi connectivity index (χ2n) is 26.0. The molecule has 0 bridgehead atoms. The molecule has 0 aromatic carbocycles. The fraction of sp³-hybridized carbons (Fsp3) is 0.921. The van der Waals surface area contributed by atoms with E-state index in [4.69, 9.17) is 4.74 Å². The van der Waals surface area contributed by atoms with Gasteiger partial charge in [-0.15, -0.1) is 0 Å². The first-order valence-corrected chi connectivity index (χ1v) is 37.6. The van der Waals surface area contributed by atoms with Gasteiger partial charge in [0, 0.05) is 12.8 Å². The van der Waals surface area contributed by atoms with Crippen LogP contribution in [0.3, 0.4) is 0 Å². The van der Waals surface area contributed by atoms with Crippen LogP contribution in [0, 0.1) is 0 Å². The number of amides is 1. The molecule has 0 saturated heterocycles. The molecule has 0 saturated carbocycles. The molecule has 0 aliphatic carbocycles. The summed E-state index contributed by atoms with van der Waals surface area (Å²) >= 11 is 0. The van der Waals surface area contributed by atoms with Crippen LogP contribution < -0.4 is 5.32 Å². The smallest absolute Gasteiger partial charge is 0.305 e. The van der Waals surface area contributed by atoms with E-state index in [-0.39, 0.29) is 18.5 Å². The third kappa shape index (κ3) is 67.5. The Kier molecular flexibility index (Phi) is 70.4. The molecule has 0 aromatic rings. The van der Waals surface area contributed by atoms with Gasteiger partial charge in [-0.1, -0.05) is 378 Å². The zero-order valence-corrected chi connectivity index (χ0v) is 55.8. The van der Waals surface area contributed by atoms with E-state index < -0.39 is 12.1 Å². The Bertz CT molecular complexity index is 1280. The van der Waals surface area contributed by atoms with Gasteiger partial charge in [0.2, 0.25) is 5.91 Å². The quantitative estimate of drug-likeness (QED) is 0.0320. The number of hydrogen-bond donors (Lipinski definition) is 3. The van der Waals surface area contributed by atoms with Gasteiger partial charge in [0.25, 0.3) is 0 Å². The van der Waals surface area contributed by atoms with Crippen LogP contribution in [-0.4, -0.2) is 47.4 Å². The van der Waals surface area contributed by atoms with Crippen LogP contribution in [0.25, 0.3) is 0 Å². The van der Waals surface area contributed by atoms with Gasteiger partial charge < -0.3 is 20.3 Å². The summed E-state index contributed by atoms with van der Waals surface area (Å²) in [5, 5.41) is 23.3. The van der Waals surface area contributed by atoms with E-state index in [1.165, 1.54) is 353 Å². The third-order valence-electron chi connectivity index (χ3n) is 17.7. The third-order valence-corrected chi connectivity index (χ3v) is 17.7. The molecule has 1 amide bonds. The van der Waals surface area contributed by atoms with Crippen molar-refractivity contribution in [3.8, 4) is 0 Å². The number of esters is 1. The minimum absolute atomic E-state index is 0.0100. The minimum atomic E-state index is -0.844. The molecule has 82 heavy (non-hydrogen) atoms. The molecule has 0 aliphatic rings. The monoisotopic (exact) mass is 1150 g/mol. The van der Waals surface area contributed by atoms with Gasteiger partial charge in [-0.05, 0) is 57.8 Å². The summed E-state index contributed by atoms with van der Waals surface area (Å²) in [6.07, 6.45) is 91.3. The zero-order chi connectivity index (χ0) is 59.2. The number of unbranched alkanes of at least 4 members (excludes halogenated alkanes) is 58. The number of aliphatic hydroxyl groups is 2. The first-order chi connectivity index (χ1) is 40.5. The topological polar surface area (TPSA) is 95.9 Å². The summed E-state index contributed by atoms with van der Waals surface area (Å²) in [6, 6.07) is -0.627. The fourth-order valence-electron chi connectivity index (χ4n) is 12.0. The number of carbonyl (C=O) groups is 2. The molecular formula is C76H147NO5. The van der Waals surface area contributed by atoms with E-state index in [9.17, 15) is 19.8 Å². The number of allylic oxidation sites excluding steroid dienone is 3. The number of ether oxygens (including phenoxy) is 1. The Hall–Kier alpha value is -1.66. The molecule has 0 radical (unpaired) electrons. The molecule has 0 heterocycles. The summed E-state index contributed by atoms with van der Waals surface area (Å²) in [7, 11) is 0. The number of aliphatic hydroxyl groups excluding tert-OH is 2. The maximum atomic E-state index is 12.5. The van der Waals surface area contributed by atoms with Crippen molar-refractivity contribution in [2.75, 3.05) is 13.2 Å². The van der Waals surface area contributed by atoms with Crippen molar-refractivity contribution in [3.05, 3.63) is 24.3 Å². The van der Waals surface area contributed by atoms with E-state index in [1.54, 1.807) is 6.08 Å². The van der Waals surface area contributed by atoms with E-state index in [1.807, 2.05) is 6.08 Å². The van der Waals surface area contributed by atoms with E-state index in [2.05, 4.69) is 31.3 Å². The van der Waals surface area contributed by atoms with E-state index in [0.29, 0.717) is 19.4 Å². The first kappa shape index (κ1) is 80.3. The lowest BCUT2D eigenvalue weighted by Crippen LogP contribution is -2.45. The second-order valence-corrected chi connectivity index (χ2v) is 26.0. The van der Waals surface area contributed by atoms with Gasteiger partial charge in [0.05, 0.1) is 25.4 Å². The molecule has 0 rings (SSSR count). The first-order valence-electron chi connectivity index (χ1n) is 37.6. The second kappa shape index (κ2) is 71.8. The van der Waals surface area contributed by atoms with Crippen molar-refractivity contribution in [1.82, 2.24) is 5.32 Å². The molecule has 3 N–H and O–H groups in total. The SMILES string of the molecule is CCCCCCC/C=C\CCCCCCCC(=O)OCCCCCCCCCCCCCCCCCCCCCCCCCCCCCC(=O)NC(CO)C(O)/C=C/CCCCCCCCCCCCCCCCCCCCCCCC. The van der Waals surface area contributed by atoms with Crippen molar-refractivity contribution in [1.29, 1.82) is 0 Å². The van der Waals surface area contributed by atoms with E-state index >= 15 is 0 Å². The Morgan fingerprint density at radius 3 is 0.866 bits per heavy atom. The van der Waals surface area contributed by atoms with Gasteiger partial charge in [-0.2, -0.15) is 0 Å². The highest BCUT2D eigenvalue weighted by molar-refractivity contribution is 5.76. The van der Waals surface area contributed by atoms with Crippen LogP contribution >= 0.6 is 0 Å². The minimum Gasteiger partial charge on any atom is -0.466 e. The highest BCUT2D eigenvalue weighted by Crippen LogP contribution is 2.19. The van der Waals surface area contributed by atoms with Crippen molar-refractivity contribution in [2.45, 2.75) is 437 Å². The van der Waals surface area contributed by atoms with Crippen molar-refractivity contribution < 1.29 is 24.5 Å². The number of carbonyl (C=O) groups excluding carboxylic acids is 2. The fourth-order valence-corrected chi connectivity index (χ4v) is 12.0. The highest BCUT2D eigenvalue weighted by atomic mass is 16.5. The van der Waals surface area contributed by atoms with Crippen LogP contribution in [0.15, 0.2) is 24.3 Å². The van der Waals surface area contributed by atoms with Gasteiger partial charge in [0.1, 0.15) is 0 Å². The maximum Gasteiger partial charge on any atom is 0.305 e. The lowest BCUT2D eigenvalue weighted by molar-refractivity contribution is -0.143. The summed E-state index contributed by atoms with van der Waals surface area (Å²) in [4.78, 5) is 24.6. The number of hydrogen-bond acceptors (Lipinski definition) is 5. The van der Waals surface area contributed by atoms with Gasteiger partial charge in [-0.3, -0.25) is 9.59 Å². The molecule has 486 valence electrons. The Morgan fingerprint density at radius 1 is 0.329 bits per heavy atom. The predicted octanol–water partition coefficient (Wildman–Crippen LogP) is 24.5. The summed E-state index contributed by atoms with van der Waals surface area (Å²) in [5.41, 5.74) is 0. The van der Waals surface area contributed by atoms with Crippen LogP contribution in [0.1, 0.15) is 425 Å². The lowest BCUT2D eigenvalue weighted by Gasteiger charge is -2.20. The van der Waals surface area contributed by atoms with Gasteiger partial charge >= 0.3 is 5.97 Å². The van der Waals surface area contributed by atoms with Crippen LogP contribution in [0.2, 0.25) is 0 Å². The molecular weight excluding hydrogens is 1010 g/mol. The zero-order valence-electron chi connectivity index (χ0n) is 55.8. The molecule has 2 atom stereocenters. The Balaban J connectivity index is 3.38. The number of rotatable bonds is 71. The lowest BCUT2D eigenvalue weighted by atomic mass is 10.0. The van der Waals surface area contributed by atoms with Crippen molar-refractivity contribution in [3.63, 3.8) is 0 Å². The normalized spacial score (nSPS) is 12.6. The maximum absolute atomic E-state index is 12.5. The average molecular weight is 1160 g/mol. The van der Waals surface area contributed by atoms with Crippen LogP contribution in [0.5, 0.6) is 0 Å². The average Bonchev–Trinajstić information content (AvgIpc) is 3.48. The molecule has 6 nitrogen and oxygen atoms in total. The van der Waals surface area contributed by atoms with Crippen molar-refractivity contribution >= 4 is 11.9 Å². The van der Waals surface area contributed by atoms with Gasteiger partial charge in [-0.25, -0.2) is 0 Å². The molecule has 6 heteroatoms. The molecule has 2 unspecified atom stereocenters. The number of nitrogens with one attached hydrogen (secondary N) is 1. The molecule has 0 spiro atoms. The van der Waals surface area contributed by atoms with E-state index in [0.717, 1.165) is 44.9 Å². The predicted molar refractivity (Wildman–Crippen MR) is 361 cm³/mol. The highest BCUT2D eigenvalue weighted by Gasteiger charge is 2.18. The standard InChI is InChI=1S/C76H147NO5/c1-3-5-7-9-11-13-15-17-19-20-21-22-23-29-32-35-38-41-44-48-52-56-60-64-68-74(79)73(72-78)77-75(80)69-65-61-57-53-49-45-42-39-36-33-30-27-25-24-26-28-31-34-37-40-43-47-51-55-59-63-67-71-82-76(81)70-66-62-58-54-50-46-18-16-14-12-10-8-6-4-2/h16,18,64,68,73-74,78-79H,3-15,17,19-63,65-67,69-72H2,1-2H3,(H,77,80)/b18-16-,68-64+. The summed E-state index contributed by atoms with van der Waals surface area (Å²) < 4.78 is 5.49. The largest absolute Gasteiger partial charge is 0.466 e. The molecule has 0 aromatic heterocycles. The summed E-state index contributed by atoms with van der Waals surface area (Å²) in [5.74, 6) is -0.0503. The Labute approximate surface area is 513 Å². The van der Waals surface area contributed by atoms with Gasteiger partial charge in [0.15, 0.2) is 0 Å². The van der Waals surface area contributed by atoms with Crippen LogP contribution in [0.4, 0.5) is 0 Å². The van der Waals surface area contributed by atoms with Crippen molar-refractivity contribution in [2.24, 2.45) is 0 Å². The summed E-state index contributed by atoms with van der Waals surface area (Å²) in [6.45, 7) is 4.94.